The van der Waals surface area contributed by atoms with Crippen LogP contribution in [-0.2, 0) is 0 Å². The number of carbonyl (C=O) groups is 1. The highest BCUT2D eigenvalue weighted by Crippen LogP contribution is 2.09. The lowest BCUT2D eigenvalue weighted by atomic mass is 10.1. The molecule has 17 heavy (non-hydrogen) atoms. The van der Waals surface area contributed by atoms with Crippen LogP contribution in [0.2, 0.25) is 0 Å². The van der Waals surface area contributed by atoms with Gasteiger partial charge in [-0.15, -0.1) is 0 Å². The number of nitrogens with two attached hydrogens (primary N) is 1. The summed E-state index contributed by atoms with van der Waals surface area (Å²) in [5, 5.41) is 0. The van der Waals surface area contributed by atoms with E-state index < -0.39 is 0 Å². The molecule has 0 radical (unpaired) electrons. The Bertz CT molecular complexity index is 544. The number of ketones is 1. The van der Waals surface area contributed by atoms with E-state index in [0.29, 0.717) is 11.3 Å². The second-order valence-corrected chi connectivity index (χ2v) is 3.73. The Labute approximate surface area is 100 Å². The molecule has 0 saturated heterocycles. The summed E-state index contributed by atoms with van der Waals surface area (Å²) < 4.78 is 0. The molecule has 2 nitrogen and oxygen atoms in total. The molecule has 0 aliphatic carbocycles. The van der Waals surface area contributed by atoms with Gasteiger partial charge in [-0.05, 0) is 23.8 Å². The summed E-state index contributed by atoms with van der Waals surface area (Å²) in [7, 11) is 0. The van der Waals surface area contributed by atoms with Crippen molar-refractivity contribution < 1.29 is 4.79 Å². The minimum Gasteiger partial charge on any atom is -0.399 e. The van der Waals surface area contributed by atoms with E-state index in [1.807, 2.05) is 30.3 Å². The first kappa shape index (κ1) is 11.1. The number of hydrogen-bond acceptors (Lipinski definition) is 2. The molecular formula is C15H13NO. The summed E-state index contributed by atoms with van der Waals surface area (Å²) in [6.07, 6.45) is 3.36. The number of rotatable bonds is 3. The van der Waals surface area contributed by atoms with E-state index in [2.05, 4.69) is 0 Å². The van der Waals surface area contributed by atoms with Crippen LogP contribution in [0.5, 0.6) is 0 Å². The molecule has 0 atom stereocenters. The van der Waals surface area contributed by atoms with Crippen LogP contribution in [0.4, 0.5) is 5.69 Å². The van der Waals surface area contributed by atoms with Crippen molar-refractivity contribution in [1.29, 1.82) is 0 Å². The first-order chi connectivity index (χ1) is 8.25. The van der Waals surface area contributed by atoms with Gasteiger partial charge in [0.2, 0.25) is 0 Å². The van der Waals surface area contributed by atoms with Crippen LogP contribution in [0.25, 0.3) is 6.08 Å². The zero-order valence-electron chi connectivity index (χ0n) is 9.34. The number of allylic oxidation sites excluding steroid dienone is 1. The molecule has 0 amide bonds. The summed E-state index contributed by atoms with van der Waals surface area (Å²) >= 11 is 0. The van der Waals surface area contributed by atoms with Crippen molar-refractivity contribution in [3.63, 3.8) is 0 Å². The maximum Gasteiger partial charge on any atom is 0.185 e. The molecule has 2 aromatic carbocycles. The number of nitrogen functional groups attached to an aromatic ring is 1. The lowest BCUT2D eigenvalue weighted by Gasteiger charge is -1.97. The number of hydrogen-bond donors (Lipinski definition) is 1. The quantitative estimate of drug-likeness (QED) is 0.493. The second kappa shape index (κ2) is 5.12. The van der Waals surface area contributed by atoms with E-state index in [0.717, 1.165) is 5.56 Å². The number of anilines is 1. The van der Waals surface area contributed by atoms with E-state index in [1.165, 1.54) is 0 Å². The minimum atomic E-state index is -0.0406. The van der Waals surface area contributed by atoms with E-state index in [9.17, 15) is 4.79 Å². The molecule has 0 heterocycles. The summed E-state index contributed by atoms with van der Waals surface area (Å²) in [5.41, 5.74) is 7.84. The van der Waals surface area contributed by atoms with E-state index in [-0.39, 0.29) is 5.78 Å². The molecule has 2 N–H and O–H groups in total. The predicted molar refractivity (Wildman–Crippen MR) is 70.7 cm³/mol. The maximum absolute atomic E-state index is 11.8. The summed E-state index contributed by atoms with van der Waals surface area (Å²) in [6, 6.07) is 16.7. The second-order valence-electron chi connectivity index (χ2n) is 3.73. The monoisotopic (exact) mass is 223 g/mol. The maximum atomic E-state index is 11.8. The van der Waals surface area contributed by atoms with Gasteiger partial charge in [-0.25, -0.2) is 0 Å². The fraction of sp³-hybridized carbons (Fsp3) is 0. The van der Waals surface area contributed by atoms with Crippen molar-refractivity contribution in [3.8, 4) is 0 Å². The van der Waals surface area contributed by atoms with E-state index >= 15 is 0 Å². The Morgan fingerprint density at radius 1 is 1.00 bits per heavy atom. The molecule has 2 aromatic rings. The molecule has 2 heteroatoms. The van der Waals surface area contributed by atoms with Crippen LogP contribution < -0.4 is 5.73 Å². The van der Waals surface area contributed by atoms with Crippen molar-refractivity contribution in [2.24, 2.45) is 0 Å². The zero-order chi connectivity index (χ0) is 12.1. The van der Waals surface area contributed by atoms with Gasteiger partial charge in [0.25, 0.3) is 0 Å². The van der Waals surface area contributed by atoms with Gasteiger partial charge in [0.1, 0.15) is 0 Å². The van der Waals surface area contributed by atoms with Crippen molar-refractivity contribution in [1.82, 2.24) is 0 Å². The summed E-state index contributed by atoms with van der Waals surface area (Å²) in [4.78, 5) is 11.8. The van der Waals surface area contributed by atoms with Crippen LogP contribution in [0.3, 0.4) is 0 Å². The van der Waals surface area contributed by atoms with Gasteiger partial charge in [0.15, 0.2) is 5.78 Å². The average Bonchev–Trinajstić information content (AvgIpc) is 2.37. The van der Waals surface area contributed by atoms with Crippen LogP contribution >= 0.6 is 0 Å². The van der Waals surface area contributed by atoms with Crippen LogP contribution in [0.1, 0.15) is 15.9 Å². The molecule has 0 unspecified atom stereocenters. The predicted octanol–water partition coefficient (Wildman–Crippen LogP) is 3.16. The van der Waals surface area contributed by atoms with Crippen LogP contribution in [-0.4, -0.2) is 5.78 Å². The molecule has 2 rings (SSSR count). The van der Waals surface area contributed by atoms with Crippen LogP contribution in [0, 0.1) is 0 Å². The third kappa shape index (κ3) is 3.05. The Hall–Kier alpha value is -2.35. The Kier molecular flexibility index (Phi) is 3.36. The molecular weight excluding hydrogens is 210 g/mol. The minimum absolute atomic E-state index is 0.0406. The zero-order valence-corrected chi connectivity index (χ0v) is 9.34. The fourth-order valence-electron chi connectivity index (χ4n) is 1.52. The third-order valence-corrected chi connectivity index (χ3v) is 2.40. The summed E-state index contributed by atoms with van der Waals surface area (Å²) in [5.74, 6) is -0.0406. The summed E-state index contributed by atoms with van der Waals surface area (Å²) in [6.45, 7) is 0. The van der Waals surface area contributed by atoms with Gasteiger partial charge in [-0.1, -0.05) is 48.5 Å². The molecule has 0 aliphatic heterocycles. The average molecular weight is 223 g/mol. The Balaban J connectivity index is 2.15. The molecule has 0 spiro atoms. The molecule has 84 valence electrons. The largest absolute Gasteiger partial charge is 0.399 e. The highest BCUT2D eigenvalue weighted by atomic mass is 16.1. The molecule has 0 aliphatic rings. The van der Waals surface area contributed by atoms with Crippen molar-refractivity contribution in [2.45, 2.75) is 0 Å². The molecule has 0 fully saturated rings. The lowest BCUT2D eigenvalue weighted by molar-refractivity contribution is 0.104. The molecule has 0 bridgehead atoms. The van der Waals surface area contributed by atoms with E-state index in [4.69, 9.17) is 5.73 Å². The standard InChI is InChI=1S/C15H13NO/c16-14-8-4-7-13(11-14)15(17)10-9-12-5-2-1-3-6-12/h1-11H,16H2. The first-order valence-corrected chi connectivity index (χ1v) is 5.39. The van der Waals surface area contributed by atoms with Gasteiger partial charge in [-0.3, -0.25) is 4.79 Å². The van der Waals surface area contributed by atoms with Crippen molar-refractivity contribution in [3.05, 3.63) is 71.8 Å². The highest BCUT2D eigenvalue weighted by Gasteiger charge is 2.00. The van der Waals surface area contributed by atoms with Gasteiger partial charge in [0.05, 0.1) is 0 Å². The SMILES string of the molecule is Nc1cccc(C(=O)C=Cc2ccccc2)c1. The van der Waals surface area contributed by atoms with Crippen LogP contribution in [0.15, 0.2) is 60.7 Å². The Morgan fingerprint density at radius 2 is 1.76 bits per heavy atom. The van der Waals surface area contributed by atoms with Gasteiger partial charge < -0.3 is 5.73 Å². The van der Waals surface area contributed by atoms with Crippen molar-refractivity contribution in [2.75, 3.05) is 5.73 Å². The lowest BCUT2D eigenvalue weighted by Crippen LogP contribution is -1.95. The molecule has 0 aromatic heterocycles. The number of carbonyl (C=O) groups excluding carboxylic acids is 1. The third-order valence-electron chi connectivity index (χ3n) is 2.40. The normalized spacial score (nSPS) is 10.6. The topological polar surface area (TPSA) is 43.1 Å². The van der Waals surface area contributed by atoms with Gasteiger partial charge in [0, 0.05) is 11.3 Å². The molecule has 0 saturated carbocycles. The first-order valence-electron chi connectivity index (χ1n) is 5.39. The number of benzene rings is 2. The highest BCUT2D eigenvalue weighted by molar-refractivity contribution is 6.07. The van der Waals surface area contributed by atoms with E-state index in [1.54, 1.807) is 36.4 Å². The van der Waals surface area contributed by atoms with Gasteiger partial charge >= 0.3 is 0 Å². The fourth-order valence-corrected chi connectivity index (χ4v) is 1.52. The Morgan fingerprint density at radius 3 is 2.47 bits per heavy atom. The van der Waals surface area contributed by atoms with Crippen molar-refractivity contribution >= 4 is 17.5 Å². The smallest absolute Gasteiger partial charge is 0.185 e. The van der Waals surface area contributed by atoms with Gasteiger partial charge in [-0.2, -0.15) is 0 Å².